The number of aromatic nitrogens is 3. The zero-order chi connectivity index (χ0) is 34.5. The highest BCUT2D eigenvalue weighted by atomic mass is 15.0. The van der Waals surface area contributed by atoms with Gasteiger partial charge in [0.1, 0.15) is 0 Å². The van der Waals surface area contributed by atoms with E-state index < -0.39 is 0 Å². The second-order valence-electron chi connectivity index (χ2n) is 13.6. The van der Waals surface area contributed by atoms with Gasteiger partial charge in [0.15, 0.2) is 23.2 Å². The molecule has 1 aromatic heterocycles. The highest BCUT2D eigenvalue weighted by Gasteiger charge is 2.36. The van der Waals surface area contributed by atoms with Crippen molar-refractivity contribution in [1.29, 1.82) is 0 Å². The van der Waals surface area contributed by atoms with Gasteiger partial charge in [-0.25, -0.2) is 19.8 Å². The first-order valence-electron chi connectivity index (χ1n) is 17.1. The zero-order valence-corrected chi connectivity index (χ0v) is 28.3. The molecule has 0 atom stereocenters. The molecule has 0 bridgehead atoms. The molecule has 0 unspecified atom stereocenters. The monoisotopic (exact) mass is 652 g/mol. The van der Waals surface area contributed by atoms with Crippen molar-refractivity contribution >= 4 is 16.5 Å². The van der Waals surface area contributed by atoms with Crippen LogP contribution in [-0.2, 0) is 5.41 Å². The quantitative estimate of drug-likeness (QED) is 0.174. The molecule has 9 rings (SSSR count). The normalized spacial score (nSPS) is 12.6. The van der Waals surface area contributed by atoms with Gasteiger partial charge < -0.3 is 0 Å². The first kappa shape index (κ1) is 30.4. The van der Waals surface area contributed by atoms with Gasteiger partial charge >= 0.3 is 0 Å². The maximum absolute atomic E-state index is 7.64. The molecular formula is C47H32N4. The first-order chi connectivity index (χ1) is 25.0. The Hall–Kier alpha value is -6.70. The Labute approximate surface area is 297 Å². The minimum absolute atomic E-state index is 0.141. The summed E-state index contributed by atoms with van der Waals surface area (Å²) in [6.45, 7) is 12.2. The third-order valence-electron chi connectivity index (χ3n) is 10.1. The van der Waals surface area contributed by atoms with Gasteiger partial charge in [0.25, 0.3) is 0 Å². The fourth-order valence-electron chi connectivity index (χ4n) is 7.46. The van der Waals surface area contributed by atoms with Gasteiger partial charge in [0.2, 0.25) is 0 Å². The van der Waals surface area contributed by atoms with Crippen LogP contribution in [0.4, 0.5) is 5.69 Å². The molecule has 0 amide bonds. The van der Waals surface area contributed by atoms with Crippen LogP contribution in [0.2, 0.25) is 0 Å². The summed E-state index contributed by atoms with van der Waals surface area (Å²) < 4.78 is 0. The summed E-state index contributed by atoms with van der Waals surface area (Å²) in [5.74, 6) is 1.92. The third kappa shape index (κ3) is 5.28. The maximum Gasteiger partial charge on any atom is 0.187 e. The van der Waals surface area contributed by atoms with E-state index in [1.54, 1.807) is 0 Å². The van der Waals surface area contributed by atoms with Crippen LogP contribution in [-0.4, -0.2) is 15.0 Å². The van der Waals surface area contributed by atoms with Crippen molar-refractivity contribution < 1.29 is 0 Å². The summed E-state index contributed by atoms with van der Waals surface area (Å²) in [6.07, 6.45) is 0. The van der Waals surface area contributed by atoms with Crippen LogP contribution in [0.1, 0.15) is 25.0 Å². The van der Waals surface area contributed by atoms with E-state index in [1.807, 2.05) is 36.4 Å². The molecule has 4 nitrogen and oxygen atoms in total. The summed E-state index contributed by atoms with van der Waals surface area (Å²) >= 11 is 0. The van der Waals surface area contributed by atoms with Gasteiger partial charge in [0, 0.05) is 22.1 Å². The second-order valence-corrected chi connectivity index (χ2v) is 13.6. The summed E-state index contributed by atoms with van der Waals surface area (Å²) in [5, 5.41) is 2.32. The molecule has 7 aromatic carbocycles. The number of nitrogens with zero attached hydrogens (tertiary/aromatic N) is 4. The van der Waals surface area contributed by atoms with Gasteiger partial charge in [-0.05, 0) is 73.5 Å². The van der Waals surface area contributed by atoms with Crippen molar-refractivity contribution in [2.75, 3.05) is 0 Å². The zero-order valence-electron chi connectivity index (χ0n) is 28.3. The number of rotatable bonds is 5. The Morgan fingerprint density at radius 3 is 1.80 bits per heavy atom. The molecule has 1 aliphatic carbocycles. The van der Waals surface area contributed by atoms with Crippen LogP contribution in [0.5, 0.6) is 0 Å². The van der Waals surface area contributed by atoms with Crippen molar-refractivity contribution in [3.05, 3.63) is 180 Å². The maximum atomic E-state index is 7.64. The molecule has 0 saturated heterocycles. The summed E-state index contributed by atoms with van der Waals surface area (Å²) in [7, 11) is 0. The molecule has 0 radical (unpaired) electrons. The lowest BCUT2D eigenvalue weighted by Crippen LogP contribution is -2.14. The molecule has 1 heterocycles. The summed E-state index contributed by atoms with van der Waals surface area (Å²) in [6, 6.07) is 54.7. The van der Waals surface area contributed by atoms with Crippen molar-refractivity contribution in [1.82, 2.24) is 15.0 Å². The molecule has 240 valence electrons. The molecule has 51 heavy (non-hydrogen) atoms. The summed E-state index contributed by atoms with van der Waals surface area (Å²) in [5.41, 5.74) is 12.8. The molecule has 4 heteroatoms. The lowest BCUT2D eigenvalue weighted by atomic mass is 9.82. The van der Waals surface area contributed by atoms with Crippen LogP contribution < -0.4 is 0 Å². The minimum atomic E-state index is -0.141. The molecular weight excluding hydrogens is 621 g/mol. The molecule has 0 saturated carbocycles. The van der Waals surface area contributed by atoms with E-state index in [2.05, 4.69) is 140 Å². The lowest BCUT2D eigenvalue weighted by Gasteiger charge is -2.21. The summed E-state index contributed by atoms with van der Waals surface area (Å²) in [4.78, 5) is 18.6. The third-order valence-corrected chi connectivity index (χ3v) is 10.1. The number of benzene rings is 7. The van der Waals surface area contributed by atoms with Crippen molar-refractivity contribution in [3.8, 4) is 67.5 Å². The van der Waals surface area contributed by atoms with Crippen LogP contribution in [0.25, 0.3) is 83.2 Å². The van der Waals surface area contributed by atoms with Crippen LogP contribution in [0.3, 0.4) is 0 Å². The molecule has 0 N–H and O–H groups in total. The van der Waals surface area contributed by atoms with Crippen LogP contribution in [0, 0.1) is 6.57 Å². The smallest absolute Gasteiger partial charge is 0.187 e. The second kappa shape index (κ2) is 12.0. The van der Waals surface area contributed by atoms with Gasteiger partial charge in [-0.1, -0.05) is 153 Å². The van der Waals surface area contributed by atoms with E-state index in [0.29, 0.717) is 23.2 Å². The van der Waals surface area contributed by atoms with Crippen molar-refractivity contribution in [3.63, 3.8) is 0 Å². The fourth-order valence-corrected chi connectivity index (χ4v) is 7.46. The van der Waals surface area contributed by atoms with E-state index in [-0.39, 0.29) is 5.41 Å². The predicted molar refractivity (Wildman–Crippen MR) is 208 cm³/mol. The molecule has 8 aromatic rings. The number of hydrogen-bond acceptors (Lipinski definition) is 3. The Morgan fingerprint density at radius 2 is 1.04 bits per heavy atom. The molecule has 0 aliphatic heterocycles. The SMILES string of the molecule is [C-]#[N+]c1ccc2c(c1)-c1c(-c3cccc(-c4ccc(-c5nc(-c6ccccc6)nc(-c6ccc7ccccc7c6)n5)cc4)c3)cccc1C2(C)C. The topological polar surface area (TPSA) is 43.0 Å². The molecule has 0 spiro atoms. The Balaban J connectivity index is 1.10. The van der Waals surface area contributed by atoms with E-state index in [9.17, 15) is 0 Å². The van der Waals surface area contributed by atoms with Crippen LogP contribution in [0.15, 0.2) is 158 Å². The molecule has 1 aliphatic rings. The van der Waals surface area contributed by atoms with Crippen LogP contribution >= 0.6 is 0 Å². The first-order valence-corrected chi connectivity index (χ1v) is 17.1. The highest BCUT2D eigenvalue weighted by molar-refractivity contribution is 5.94. The Morgan fingerprint density at radius 1 is 0.431 bits per heavy atom. The van der Waals surface area contributed by atoms with Gasteiger partial charge in [-0.15, -0.1) is 0 Å². The van der Waals surface area contributed by atoms with Crippen molar-refractivity contribution in [2.24, 2.45) is 0 Å². The average molecular weight is 653 g/mol. The standard InChI is InChI=1S/C47H32N4/c1-47(2)41-26-25-38(48-3)29-40(41)43-39(17-10-18-42(43)47)36-16-9-15-35(27-36)31-19-22-33(23-20-31)45-49-44(32-12-5-4-6-13-32)50-46(51-45)37-24-21-30-11-7-8-14-34(30)28-37/h4-29H,1-2H3. The van der Waals surface area contributed by atoms with E-state index in [4.69, 9.17) is 21.5 Å². The van der Waals surface area contributed by atoms with Gasteiger partial charge in [-0.2, -0.15) is 0 Å². The largest absolute Gasteiger partial charge is 0.238 e. The predicted octanol–water partition coefficient (Wildman–Crippen LogP) is 12.2. The number of fused-ring (bicyclic) bond motifs is 4. The Bertz CT molecular complexity index is 2670. The van der Waals surface area contributed by atoms with Gasteiger partial charge in [-0.3, -0.25) is 0 Å². The van der Waals surface area contributed by atoms with Gasteiger partial charge in [0.05, 0.1) is 6.57 Å². The fraction of sp³-hybridized carbons (Fsp3) is 0.0638. The highest BCUT2D eigenvalue weighted by Crippen LogP contribution is 2.53. The Kier molecular flexibility index (Phi) is 7.15. The van der Waals surface area contributed by atoms with Crippen molar-refractivity contribution in [2.45, 2.75) is 19.3 Å². The molecule has 0 fully saturated rings. The lowest BCUT2D eigenvalue weighted by molar-refractivity contribution is 0.660. The minimum Gasteiger partial charge on any atom is -0.238 e. The van der Waals surface area contributed by atoms with E-state index >= 15 is 0 Å². The average Bonchev–Trinajstić information content (AvgIpc) is 3.43. The van der Waals surface area contributed by atoms with E-state index in [0.717, 1.165) is 44.3 Å². The number of hydrogen-bond donors (Lipinski definition) is 0. The van der Waals surface area contributed by atoms with E-state index in [1.165, 1.54) is 27.6 Å².